The van der Waals surface area contributed by atoms with E-state index in [4.69, 9.17) is 18.9 Å². The Labute approximate surface area is 172 Å². The zero-order chi connectivity index (χ0) is 22.2. The average Bonchev–Trinajstić information content (AvgIpc) is 2.73. The third-order valence-corrected chi connectivity index (χ3v) is 5.18. The molecule has 1 aromatic carbocycles. The molecule has 11 nitrogen and oxygen atoms in total. The maximum Gasteiger partial charge on any atom is 0.340 e. The Balaban J connectivity index is 1.61. The third-order valence-electron chi connectivity index (χ3n) is 5.18. The first-order chi connectivity index (χ1) is 14.1. The molecule has 0 bridgehead atoms. The van der Waals surface area contributed by atoms with Gasteiger partial charge in [0.05, 0.1) is 17.8 Å². The fourth-order valence-electron chi connectivity index (χ4n) is 3.20. The molecular formula is C19H26O11. The molecule has 2 saturated heterocycles. The summed E-state index contributed by atoms with van der Waals surface area (Å²) in [7, 11) is 0. The quantitative estimate of drug-likeness (QED) is 0.288. The highest BCUT2D eigenvalue weighted by Crippen LogP contribution is 2.26. The van der Waals surface area contributed by atoms with E-state index in [0.717, 1.165) is 0 Å². The van der Waals surface area contributed by atoms with Crippen LogP contribution in [0.25, 0.3) is 0 Å². The summed E-state index contributed by atoms with van der Waals surface area (Å²) in [6.45, 7) is 2.99. The fraction of sp³-hybridized carbons (Fsp3) is 0.632. The van der Waals surface area contributed by atoms with Crippen molar-refractivity contribution >= 4 is 5.97 Å². The predicted molar refractivity (Wildman–Crippen MR) is 97.2 cm³/mol. The van der Waals surface area contributed by atoms with Gasteiger partial charge >= 0.3 is 5.97 Å². The molecule has 2 heterocycles. The van der Waals surface area contributed by atoms with Gasteiger partial charge in [0, 0.05) is 0 Å². The van der Waals surface area contributed by atoms with Crippen LogP contribution in [0.15, 0.2) is 24.3 Å². The Kier molecular flexibility index (Phi) is 6.95. The molecule has 2 fully saturated rings. The minimum atomic E-state index is -1.61. The van der Waals surface area contributed by atoms with E-state index in [1.807, 2.05) is 0 Å². The van der Waals surface area contributed by atoms with Crippen molar-refractivity contribution in [2.24, 2.45) is 0 Å². The maximum atomic E-state index is 12.3. The predicted octanol–water partition coefficient (Wildman–Crippen LogP) is -2.12. The molecule has 168 valence electrons. The van der Waals surface area contributed by atoms with Crippen molar-refractivity contribution in [2.75, 3.05) is 0 Å². The van der Waals surface area contributed by atoms with Crippen LogP contribution < -0.4 is 4.74 Å². The highest BCUT2D eigenvalue weighted by molar-refractivity contribution is 5.89. The number of hydrogen-bond acceptors (Lipinski definition) is 11. The lowest BCUT2D eigenvalue weighted by molar-refractivity contribution is -0.276. The summed E-state index contributed by atoms with van der Waals surface area (Å²) in [6, 6.07) is 5.50. The molecule has 0 amide bonds. The van der Waals surface area contributed by atoms with E-state index in [-0.39, 0.29) is 11.3 Å². The largest absolute Gasteiger partial charge is 0.462 e. The van der Waals surface area contributed by atoms with Gasteiger partial charge in [-0.25, -0.2) is 4.79 Å². The number of benzene rings is 1. The smallest absolute Gasteiger partial charge is 0.340 e. The molecule has 11 heteroatoms. The summed E-state index contributed by atoms with van der Waals surface area (Å²) < 4.78 is 21.1. The third kappa shape index (κ3) is 4.58. The average molecular weight is 430 g/mol. The number of aliphatic hydroxyl groups is 6. The van der Waals surface area contributed by atoms with Gasteiger partial charge in [0.2, 0.25) is 12.6 Å². The number of esters is 1. The zero-order valence-corrected chi connectivity index (χ0v) is 16.3. The Bertz CT molecular complexity index is 726. The molecular weight excluding hydrogens is 404 g/mol. The highest BCUT2D eigenvalue weighted by Gasteiger charge is 2.44. The minimum absolute atomic E-state index is 0.0837. The fourth-order valence-corrected chi connectivity index (χ4v) is 3.20. The summed E-state index contributed by atoms with van der Waals surface area (Å²) in [4.78, 5) is 12.3. The molecule has 0 saturated carbocycles. The van der Waals surface area contributed by atoms with Crippen LogP contribution in [-0.4, -0.2) is 98.0 Å². The summed E-state index contributed by atoms with van der Waals surface area (Å²) in [5, 5.41) is 58.9. The summed E-state index contributed by atoms with van der Waals surface area (Å²) >= 11 is 0. The lowest BCUT2D eigenvalue weighted by atomic mass is 10.00. The van der Waals surface area contributed by atoms with Gasteiger partial charge in [-0.05, 0) is 38.1 Å². The Morgan fingerprint density at radius 1 is 0.733 bits per heavy atom. The lowest BCUT2D eigenvalue weighted by Crippen LogP contribution is -2.58. The molecule has 10 atom stereocenters. The maximum absolute atomic E-state index is 12.3. The number of rotatable bonds is 4. The Hall–Kier alpha value is -1.83. The van der Waals surface area contributed by atoms with Crippen LogP contribution >= 0.6 is 0 Å². The van der Waals surface area contributed by atoms with Crippen LogP contribution in [0.5, 0.6) is 5.75 Å². The first-order valence-corrected chi connectivity index (χ1v) is 9.47. The van der Waals surface area contributed by atoms with Gasteiger partial charge < -0.3 is 49.6 Å². The number of hydrogen-bond donors (Lipinski definition) is 6. The molecule has 0 unspecified atom stereocenters. The van der Waals surface area contributed by atoms with Gasteiger partial charge in [-0.3, -0.25) is 0 Å². The normalized spacial score (nSPS) is 41.9. The van der Waals surface area contributed by atoms with Gasteiger partial charge in [0.1, 0.15) is 42.4 Å². The lowest BCUT2D eigenvalue weighted by Gasteiger charge is -2.39. The van der Waals surface area contributed by atoms with Crippen LogP contribution in [0.4, 0.5) is 0 Å². The molecule has 3 rings (SSSR count). The first-order valence-electron chi connectivity index (χ1n) is 9.47. The van der Waals surface area contributed by atoms with Crippen molar-refractivity contribution in [3.05, 3.63) is 29.8 Å². The van der Waals surface area contributed by atoms with Crippen molar-refractivity contribution in [1.29, 1.82) is 0 Å². The van der Waals surface area contributed by atoms with E-state index in [0.29, 0.717) is 0 Å². The number of ether oxygens (including phenoxy) is 4. The van der Waals surface area contributed by atoms with Crippen molar-refractivity contribution in [3.63, 3.8) is 0 Å². The summed E-state index contributed by atoms with van der Waals surface area (Å²) in [6.07, 6.45) is -12.9. The standard InChI is InChI=1S/C19H26O11/c1-7-11(20)13(22)15(24)18(27-7)29-10-5-3-9(4-6-10)17(26)30-19-16(25)14(23)12(21)8(2)28-19/h3-8,11-16,18-25H,1-2H3/t7-,8-,11+,12+,13+,14+,15+,16+,18-,19-/m0/s1. The van der Waals surface area contributed by atoms with Gasteiger partial charge in [0.15, 0.2) is 0 Å². The second-order valence-electron chi connectivity index (χ2n) is 7.41. The molecule has 1 aromatic rings. The van der Waals surface area contributed by atoms with Gasteiger partial charge in [0.25, 0.3) is 0 Å². The molecule has 0 spiro atoms. The topological polar surface area (TPSA) is 175 Å². The van der Waals surface area contributed by atoms with E-state index in [9.17, 15) is 35.4 Å². The van der Waals surface area contributed by atoms with Crippen LogP contribution in [0, 0.1) is 0 Å². The van der Waals surface area contributed by atoms with Crippen LogP contribution in [-0.2, 0) is 14.2 Å². The zero-order valence-electron chi connectivity index (χ0n) is 16.3. The van der Waals surface area contributed by atoms with E-state index in [2.05, 4.69) is 0 Å². The summed E-state index contributed by atoms with van der Waals surface area (Å²) in [5.74, 6) is -0.630. The monoisotopic (exact) mass is 430 g/mol. The van der Waals surface area contributed by atoms with E-state index in [1.54, 1.807) is 0 Å². The Morgan fingerprint density at radius 3 is 1.73 bits per heavy atom. The van der Waals surface area contributed by atoms with Crippen molar-refractivity contribution in [2.45, 2.75) is 75.3 Å². The molecule has 30 heavy (non-hydrogen) atoms. The first kappa shape index (κ1) is 22.8. The van der Waals surface area contributed by atoms with Crippen molar-refractivity contribution in [1.82, 2.24) is 0 Å². The van der Waals surface area contributed by atoms with Gasteiger partial charge in [-0.1, -0.05) is 0 Å². The van der Waals surface area contributed by atoms with Crippen molar-refractivity contribution < 1.29 is 54.4 Å². The second kappa shape index (κ2) is 9.12. The molecule has 6 N–H and O–H groups in total. The van der Waals surface area contributed by atoms with Crippen LogP contribution in [0.1, 0.15) is 24.2 Å². The molecule has 0 radical (unpaired) electrons. The SMILES string of the molecule is C[C@@H]1O[C@@H](OC(=O)c2ccc(O[C@@H]3O[C@@H](C)[C@@H](O)[C@@H](O)[C@H]3O)cc2)[C@H](O)[C@H](O)[C@@H]1O. The summed E-state index contributed by atoms with van der Waals surface area (Å²) in [5.41, 5.74) is 0.0837. The number of carbonyl (C=O) groups is 1. The van der Waals surface area contributed by atoms with E-state index in [1.165, 1.54) is 38.1 Å². The van der Waals surface area contributed by atoms with Gasteiger partial charge in [-0.2, -0.15) is 0 Å². The highest BCUT2D eigenvalue weighted by atomic mass is 16.7. The Morgan fingerprint density at radius 2 is 1.20 bits per heavy atom. The van der Waals surface area contributed by atoms with Crippen molar-refractivity contribution in [3.8, 4) is 5.75 Å². The molecule has 0 aliphatic carbocycles. The van der Waals surface area contributed by atoms with E-state index < -0.39 is 67.4 Å². The minimum Gasteiger partial charge on any atom is -0.462 e. The number of aliphatic hydroxyl groups excluding tert-OH is 6. The van der Waals surface area contributed by atoms with Crippen LogP contribution in [0.3, 0.4) is 0 Å². The molecule has 2 aliphatic rings. The molecule has 0 aromatic heterocycles. The van der Waals surface area contributed by atoms with Crippen LogP contribution in [0.2, 0.25) is 0 Å². The second-order valence-corrected chi connectivity index (χ2v) is 7.41. The van der Waals surface area contributed by atoms with E-state index >= 15 is 0 Å². The van der Waals surface area contributed by atoms with Gasteiger partial charge in [-0.15, -0.1) is 0 Å². The number of carbonyl (C=O) groups excluding carboxylic acids is 1. The molecule has 2 aliphatic heterocycles.